The molecule has 2 aromatic carbocycles. The maximum Gasteiger partial charge on any atom is 0.165 e. The van der Waals surface area contributed by atoms with Crippen LogP contribution in [-0.2, 0) is 0 Å². The highest BCUT2D eigenvalue weighted by atomic mass is 127. The van der Waals surface area contributed by atoms with Crippen LogP contribution in [0.25, 0.3) is 16.9 Å². The molecule has 4 aromatic rings. The molecule has 0 radical (unpaired) electrons. The van der Waals surface area contributed by atoms with E-state index in [4.69, 9.17) is 28.2 Å². The van der Waals surface area contributed by atoms with Crippen molar-refractivity contribution in [3.8, 4) is 17.0 Å². The van der Waals surface area contributed by atoms with E-state index in [2.05, 4.69) is 50.2 Å². The molecule has 28 heavy (non-hydrogen) atoms. The van der Waals surface area contributed by atoms with Gasteiger partial charge in [0.05, 0.1) is 8.59 Å². The van der Waals surface area contributed by atoms with Gasteiger partial charge in [-0.1, -0.05) is 29.3 Å². The van der Waals surface area contributed by atoms with E-state index in [0.29, 0.717) is 27.1 Å². The number of phenolic OH excluding ortho intramolecular Hbond substituents is 1. The van der Waals surface area contributed by atoms with Crippen LogP contribution < -0.4 is 0 Å². The number of pyridine rings is 1. The zero-order valence-electron chi connectivity index (χ0n) is 14.1. The van der Waals surface area contributed by atoms with Gasteiger partial charge < -0.3 is 5.11 Å². The van der Waals surface area contributed by atoms with Crippen LogP contribution >= 0.6 is 68.4 Å². The number of phenols is 1. The van der Waals surface area contributed by atoms with Crippen molar-refractivity contribution < 1.29 is 5.11 Å². The second-order valence-electron chi connectivity index (χ2n) is 5.92. The van der Waals surface area contributed by atoms with E-state index in [1.54, 1.807) is 18.3 Å². The highest BCUT2D eigenvalue weighted by Crippen LogP contribution is 2.37. The predicted octanol–water partition coefficient (Wildman–Crippen LogP) is 6.97. The summed E-state index contributed by atoms with van der Waals surface area (Å²) in [5.74, 6) is 0.817. The van der Waals surface area contributed by atoms with Gasteiger partial charge in [0, 0.05) is 32.1 Å². The van der Waals surface area contributed by atoms with Crippen LogP contribution in [0.4, 0.5) is 5.82 Å². The Hall–Kier alpha value is -1.36. The first-order chi connectivity index (χ1) is 13.4. The van der Waals surface area contributed by atoms with Crippen molar-refractivity contribution in [2.24, 2.45) is 4.99 Å². The predicted molar refractivity (Wildman–Crippen MR) is 131 cm³/mol. The minimum Gasteiger partial charge on any atom is -0.506 e. The van der Waals surface area contributed by atoms with E-state index >= 15 is 0 Å². The van der Waals surface area contributed by atoms with E-state index in [0.717, 1.165) is 18.4 Å². The summed E-state index contributed by atoms with van der Waals surface area (Å²) in [6.45, 7) is 0. The number of fused-ring (bicyclic) bond motifs is 1. The standard InChI is InChI=1S/C20H11Cl2I2N3O/c21-12-4-5-14(15(22)8-12)18-20(27-6-2-1-3-17(27)26-18)25-10-11-7-13(23)9-16(24)19(11)28/h1-10,28H. The number of imidazole rings is 1. The number of rotatable bonds is 3. The quantitative estimate of drug-likeness (QED) is 0.196. The summed E-state index contributed by atoms with van der Waals surface area (Å²) in [6, 6.07) is 14.8. The van der Waals surface area contributed by atoms with E-state index in [-0.39, 0.29) is 5.75 Å². The summed E-state index contributed by atoms with van der Waals surface area (Å²) in [4.78, 5) is 9.36. The van der Waals surface area contributed by atoms with Gasteiger partial charge >= 0.3 is 0 Å². The van der Waals surface area contributed by atoms with E-state index < -0.39 is 0 Å². The Kier molecular flexibility index (Phi) is 5.82. The molecule has 0 atom stereocenters. The Balaban J connectivity index is 1.91. The van der Waals surface area contributed by atoms with Crippen molar-refractivity contribution in [1.82, 2.24) is 9.38 Å². The minimum atomic E-state index is 0.199. The van der Waals surface area contributed by atoms with Crippen LogP contribution in [-0.4, -0.2) is 20.7 Å². The summed E-state index contributed by atoms with van der Waals surface area (Å²) in [5, 5.41) is 11.4. The molecule has 0 fully saturated rings. The average molecular weight is 634 g/mol. The van der Waals surface area contributed by atoms with Gasteiger partial charge in [-0.3, -0.25) is 4.40 Å². The molecule has 8 heteroatoms. The highest BCUT2D eigenvalue weighted by Gasteiger charge is 2.16. The molecule has 2 heterocycles. The molecular formula is C20H11Cl2I2N3O. The molecule has 2 aromatic heterocycles. The Bertz CT molecular complexity index is 1240. The van der Waals surface area contributed by atoms with E-state index in [1.165, 1.54) is 0 Å². The first kappa shape index (κ1) is 19.9. The van der Waals surface area contributed by atoms with Crippen molar-refractivity contribution in [2.45, 2.75) is 0 Å². The van der Waals surface area contributed by atoms with Gasteiger partial charge in [0.1, 0.15) is 17.1 Å². The molecule has 1 N–H and O–H groups in total. The summed E-state index contributed by atoms with van der Waals surface area (Å²) in [5.41, 5.74) is 2.76. The van der Waals surface area contributed by atoms with Gasteiger partial charge in [0.25, 0.3) is 0 Å². The zero-order valence-corrected chi connectivity index (χ0v) is 19.9. The topological polar surface area (TPSA) is 49.9 Å². The van der Waals surface area contributed by atoms with Gasteiger partial charge in [-0.05, 0) is 87.6 Å². The molecule has 0 amide bonds. The summed E-state index contributed by atoms with van der Waals surface area (Å²) >= 11 is 16.8. The maximum absolute atomic E-state index is 10.4. The largest absolute Gasteiger partial charge is 0.506 e. The fraction of sp³-hybridized carbons (Fsp3) is 0. The third kappa shape index (κ3) is 3.87. The van der Waals surface area contributed by atoms with Crippen molar-refractivity contribution in [3.05, 3.63) is 77.5 Å². The monoisotopic (exact) mass is 633 g/mol. The lowest BCUT2D eigenvalue weighted by molar-refractivity contribution is 0.470. The highest BCUT2D eigenvalue weighted by molar-refractivity contribution is 14.1. The Morgan fingerprint density at radius 1 is 1.07 bits per heavy atom. The smallest absolute Gasteiger partial charge is 0.165 e. The summed E-state index contributed by atoms with van der Waals surface area (Å²) < 4.78 is 3.66. The molecular weight excluding hydrogens is 623 g/mol. The molecule has 4 rings (SSSR count). The molecule has 0 aliphatic heterocycles. The maximum atomic E-state index is 10.4. The Morgan fingerprint density at radius 2 is 1.89 bits per heavy atom. The van der Waals surface area contributed by atoms with E-state index in [9.17, 15) is 5.11 Å². The third-order valence-corrected chi connectivity index (χ3v) is 6.07. The number of aromatic hydroxyl groups is 1. The van der Waals surface area contributed by atoms with Crippen LogP contribution in [0.1, 0.15) is 5.56 Å². The van der Waals surface area contributed by atoms with E-state index in [1.807, 2.05) is 47.0 Å². The molecule has 0 bridgehead atoms. The molecule has 4 nitrogen and oxygen atoms in total. The van der Waals surface area contributed by atoms with Crippen molar-refractivity contribution in [2.75, 3.05) is 0 Å². The number of nitrogens with zero attached hydrogens (tertiary/aromatic N) is 3. The molecule has 0 unspecified atom stereocenters. The first-order valence-electron chi connectivity index (χ1n) is 8.08. The van der Waals surface area contributed by atoms with Crippen LogP contribution in [0.2, 0.25) is 10.0 Å². The Labute approximate surface area is 198 Å². The van der Waals surface area contributed by atoms with Crippen molar-refractivity contribution in [3.63, 3.8) is 0 Å². The van der Waals surface area contributed by atoms with Crippen LogP contribution in [0.5, 0.6) is 5.75 Å². The molecule has 0 saturated carbocycles. The number of aliphatic imine (C=N–C) groups is 1. The van der Waals surface area contributed by atoms with Crippen molar-refractivity contribution in [1.29, 1.82) is 0 Å². The molecule has 140 valence electrons. The normalized spacial score (nSPS) is 11.6. The van der Waals surface area contributed by atoms with Crippen LogP contribution in [0.3, 0.4) is 0 Å². The molecule has 0 aliphatic rings. The Morgan fingerprint density at radius 3 is 2.68 bits per heavy atom. The molecule has 0 spiro atoms. The van der Waals surface area contributed by atoms with Gasteiger partial charge in [-0.25, -0.2) is 9.98 Å². The third-order valence-electron chi connectivity index (χ3n) is 4.07. The molecule has 0 saturated heterocycles. The number of hydrogen-bond acceptors (Lipinski definition) is 3. The van der Waals surface area contributed by atoms with Gasteiger partial charge in [-0.15, -0.1) is 0 Å². The number of hydrogen-bond donors (Lipinski definition) is 1. The SMILES string of the molecule is Oc1c(I)cc(I)cc1C=Nc1c(-c2ccc(Cl)cc2Cl)nc2ccccn12. The van der Waals surface area contributed by atoms with Crippen molar-refractivity contribution >= 4 is 86.1 Å². The number of benzene rings is 2. The minimum absolute atomic E-state index is 0.199. The number of halogens is 4. The summed E-state index contributed by atoms with van der Waals surface area (Å²) in [6.07, 6.45) is 3.53. The van der Waals surface area contributed by atoms with Gasteiger partial charge in [-0.2, -0.15) is 0 Å². The second-order valence-corrected chi connectivity index (χ2v) is 9.17. The lowest BCUT2D eigenvalue weighted by Gasteiger charge is -2.05. The lowest BCUT2D eigenvalue weighted by Crippen LogP contribution is -1.89. The fourth-order valence-electron chi connectivity index (χ4n) is 2.78. The summed E-state index contributed by atoms with van der Waals surface area (Å²) in [7, 11) is 0. The molecule has 0 aliphatic carbocycles. The van der Waals surface area contributed by atoms with Gasteiger partial charge in [0.15, 0.2) is 5.82 Å². The lowest BCUT2D eigenvalue weighted by atomic mass is 10.1. The van der Waals surface area contributed by atoms with Crippen LogP contribution in [0.15, 0.2) is 59.7 Å². The van der Waals surface area contributed by atoms with Gasteiger partial charge in [0.2, 0.25) is 0 Å². The van der Waals surface area contributed by atoms with Crippen LogP contribution in [0, 0.1) is 7.14 Å². The second kappa shape index (κ2) is 8.17. The fourth-order valence-corrected chi connectivity index (χ4v) is 5.17. The average Bonchev–Trinajstić information content (AvgIpc) is 3.01. The first-order valence-corrected chi connectivity index (χ1v) is 11.0. The number of aromatic nitrogens is 2. The zero-order chi connectivity index (χ0) is 19.8.